The summed E-state index contributed by atoms with van der Waals surface area (Å²) >= 11 is 0. The second kappa shape index (κ2) is 9.00. The Kier molecular flexibility index (Phi) is 6.43. The van der Waals surface area contributed by atoms with Crippen molar-refractivity contribution in [2.75, 3.05) is 26.2 Å². The summed E-state index contributed by atoms with van der Waals surface area (Å²) in [4.78, 5) is 27.6. The molecule has 8 nitrogen and oxygen atoms in total. The second-order valence-electron chi connectivity index (χ2n) is 6.98. The van der Waals surface area contributed by atoms with Crippen LogP contribution in [0.25, 0.3) is 16.6 Å². The quantitative estimate of drug-likeness (QED) is 0.626. The summed E-state index contributed by atoms with van der Waals surface area (Å²) in [6.07, 6.45) is 0. The first-order chi connectivity index (χ1) is 14.0. The minimum absolute atomic E-state index is 0.107. The summed E-state index contributed by atoms with van der Waals surface area (Å²) in [5, 5.41) is 12.3. The van der Waals surface area contributed by atoms with Crippen molar-refractivity contribution in [1.29, 1.82) is 0 Å². The van der Waals surface area contributed by atoms with Crippen LogP contribution in [0, 0.1) is 13.8 Å². The highest BCUT2D eigenvalue weighted by Gasteiger charge is 2.18. The van der Waals surface area contributed by atoms with Crippen LogP contribution in [0.2, 0.25) is 0 Å². The zero-order chi connectivity index (χ0) is 21.0. The molecule has 3 rings (SSSR count). The zero-order valence-corrected chi connectivity index (χ0v) is 17.5. The summed E-state index contributed by atoms with van der Waals surface area (Å²) < 4.78 is 2.98. The molecule has 2 aromatic heterocycles. The van der Waals surface area contributed by atoms with E-state index in [1.165, 1.54) is 4.68 Å². The summed E-state index contributed by atoms with van der Waals surface area (Å²) in [6, 6.07) is 9.65. The van der Waals surface area contributed by atoms with Crippen molar-refractivity contribution in [3.63, 3.8) is 0 Å². The van der Waals surface area contributed by atoms with Gasteiger partial charge in [0, 0.05) is 13.1 Å². The van der Waals surface area contributed by atoms with E-state index in [1.54, 1.807) is 11.6 Å². The number of fused-ring (bicyclic) bond motifs is 1. The zero-order valence-electron chi connectivity index (χ0n) is 17.5. The lowest BCUT2D eigenvalue weighted by Crippen LogP contribution is -2.38. The Bertz CT molecular complexity index is 1050. The molecule has 3 aromatic rings. The van der Waals surface area contributed by atoms with E-state index in [-0.39, 0.29) is 18.0 Å². The number of hydrogen-bond donors (Lipinski definition) is 1. The van der Waals surface area contributed by atoms with Gasteiger partial charge in [0.15, 0.2) is 0 Å². The van der Waals surface area contributed by atoms with E-state index < -0.39 is 0 Å². The van der Waals surface area contributed by atoms with Gasteiger partial charge in [-0.3, -0.25) is 9.59 Å². The fourth-order valence-corrected chi connectivity index (χ4v) is 3.43. The third-order valence-electron chi connectivity index (χ3n) is 5.12. The molecule has 1 amide bonds. The minimum Gasteiger partial charge on any atom is -0.353 e. The molecule has 0 saturated heterocycles. The van der Waals surface area contributed by atoms with Gasteiger partial charge in [0.2, 0.25) is 5.91 Å². The normalized spacial score (nSPS) is 11.3. The Morgan fingerprint density at radius 2 is 1.79 bits per heavy atom. The average Bonchev–Trinajstić information content (AvgIpc) is 3.08. The predicted octanol–water partition coefficient (Wildman–Crippen LogP) is 1.66. The fourth-order valence-electron chi connectivity index (χ4n) is 3.43. The van der Waals surface area contributed by atoms with Crippen molar-refractivity contribution >= 4 is 16.8 Å². The molecule has 1 aromatic carbocycles. The van der Waals surface area contributed by atoms with Gasteiger partial charge in [-0.2, -0.15) is 10.2 Å². The first-order valence-electron chi connectivity index (χ1n) is 9.97. The molecule has 0 bridgehead atoms. The molecule has 0 saturated carbocycles. The number of benzene rings is 1. The topological polar surface area (TPSA) is 85.1 Å². The Balaban J connectivity index is 1.85. The number of hydrogen-bond acceptors (Lipinski definition) is 5. The monoisotopic (exact) mass is 396 g/mol. The van der Waals surface area contributed by atoms with Crippen LogP contribution in [0.5, 0.6) is 0 Å². The van der Waals surface area contributed by atoms with Crippen LogP contribution in [0.3, 0.4) is 0 Å². The number of likely N-dealkylation sites (N-methyl/N-ethyl adjacent to an activating group) is 1. The van der Waals surface area contributed by atoms with E-state index >= 15 is 0 Å². The Labute approximate surface area is 170 Å². The van der Waals surface area contributed by atoms with Crippen LogP contribution in [-0.4, -0.2) is 56.5 Å². The van der Waals surface area contributed by atoms with Crippen molar-refractivity contribution < 1.29 is 4.79 Å². The number of nitrogens with one attached hydrogen (secondary N) is 1. The van der Waals surface area contributed by atoms with Gasteiger partial charge in [0.25, 0.3) is 5.56 Å². The molecule has 2 heterocycles. The minimum atomic E-state index is -0.302. The van der Waals surface area contributed by atoms with Crippen LogP contribution in [0.4, 0.5) is 0 Å². The number of aryl methyl sites for hydroxylation is 2. The number of amides is 1. The molecule has 0 spiro atoms. The SMILES string of the molecule is CCN(CC)CCNC(=O)Cn1nc(C)c2nn(-c3ccccc3)c(C)c2c1=O. The third-order valence-corrected chi connectivity index (χ3v) is 5.12. The Morgan fingerprint density at radius 3 is 2.45 bits per heavy atom. The van der Waals surface area contributed by atoms with Gasteiger partial charge < -0.3 is 10.2 Å². The lowest BCUT2D eigenvalue weighted by atomic mass is 10.2. The van der Waals surface area contributed by atoms with Gasteiger partial charge in [0.05, 0.1) is 22.5 Å². The van der Waals surface area contributed by atoms with Crippen LogP contribution < -0.4 is 10.9 Å². The van der Waals surface area contributed by atoms with E-state index in [9.17, 15) is 9.59 Å². The molecule has 0 aliphatic rings. The summed E-state index contributed by atoms with van der Waals surface area (Å²) in [6.45, 7) is 10.9. The molecule has 0 radical (unpaired) electrons. The third kappa shape index (κ3) is 4.37. The molecule has 1 N–H and O–H groups in total. The van der Waals surface area contributed by atoms with Gasteiger partial charge in [-0.05, 0) is 39.1 Å². The van der Waals surface area contributed by atoms with Crippen molar-refractivity contribution in [3.8, 4) is 5.69 Å². The van der Waals surface area contributed by atoms with E-state index in [0.717, 1.165) is 31.0 Å². The molecule has 0 fully saturated rings. The highest BCUT2D eigenvalue weighted by atomic mass is 16.2. The molecule has 8 heteroatoms. The standard InChI is InChI=1S/C21H28N6O2/c1-5-25(6-2)13-12-22-18(28)14-26-21(29)19-16(4)27(17-10-8-7-9-11-17)24-20(19)15(3)23-26/h7-11H,5-6,12-14H2,1-4H3,(H,22,28). The highest BCUT2D eigenvalue weighted by molar-refractivity contribution is 5.83. The number of carbonyl (C=O) groups is 1. The molecule has 0 unspecified atom stereocenters. The molecule has 0 aliphatic heterocycles. The van der Waals surface area contributed by atoms with Crippen LogP contribution >= 0.6 is 0 Å². The van der Waals surface area contributed by atoms with Crippen LogP contribution in [-0.2, 0) is 11.3 Å². The lowest BCUT2D eigenvalue weighted by Gasteiger charge is -2.18. The molecular formula is C21H28N6O2. The maximum Gasteiger partial charge on any atom is 0.278 e. The van der Waals surface area contributed by atoms with Gasteiger partial charge in [-0.1, -0.05) is 32.0 Å². The molecule has 0 aliphatic carbocycles. The number of rotatable bonds is 8. The lowest BCUT2D eigenvalue weighted by molar-refractivity contribution is -0.121. The van der Waals surface area contributed by atoms with E-state index in [4.69, 9.17) is 0 Å². The van der Waals surface area contributed by atoms with Gasteiger partial charge in [-0.15, -0.1) is 0 Å². The Hall–Kier alpha value is -3.00. The first-order valence-corrected chi connectivity index (χ1v) is 9.97. The number of para-hydroxylation sites is 1. The summed E-state index contributed by atoms with van der Waals surface area (Å²) in [7, 11) is 0. The smallest absolute Gasteiger partial charge is 0.278 e. The highest BCUT2D eigenvalue weighted by Crippen LogP contribution is 2.19. The molecule has 0 atom stereocenters. The Morgan fingerprint density at radius 1 is 1.10 bits per heavy atom. The number of nitrogens with zero attached hydrogens (tertiary/aromatic N) is 5. The summed E-state index contributed by atoms with van der Waals surface area (Å²) in [5.74, 6) is -0.224. The van der Waals surface area contributed by atoms with Crippen molar-refractivity contribution in [1.82, 2.24) is 29.8 Å². The maximum absolute atomic E-state index is 13.0. The average molecular weight is 396 g/mol. The van der Waals surface area contributed by atoms with Gasteiger partial charge >= 0.3 is 0 Å². The van der Waals surface area contributed by atoms with Crippen molar-refractivity contribution in [3.05, 3.63) is 52.1 Å². The molecular weight excluding hydrogens is 368 g/mol. The molecule has 154 valence electrons. The van der Waals surface area contributed by atoms with Crippen molar-refractivity contribution in [2.24, 2.45) is 0 Å². The van der Waals surface area contributed by atoms with Crippen LogP contribution in [0.1, 0.15) is 25.2 Å². The molecule has 29 heavy (non-hydrogen) atoms. The fraction of sp³-hybridized carbons (Fsp3) is 0.429. The largest absolute Gasteiger partial charge is 0.353 e. The van der Waals surface area contributed by atoms with E-state index in [0.29, 0.717) is 23.1 Å². The maximum atomic E-state index is 13.0. The van der Waals surface area contributed by atoms with Gasteiger partial charge in [0.1, 0.15) is 12.1 Å². The summed E-state index contributed by atoms with van der Waals surface area (Å²) in [5.41, 5.74) is 2.49. The van der Waals surface area contributed by atoms with Gasteiger partial charge in [-0.25, -0.2) is 9.36 Å². The first kappa shape index (κ1) is 20.7. The van der Waals surface area contributed by atoms with Crippen LogP contribution in [0.15, 0.2) is 35.1 Å². The number of aromatic nitrogens is 4. The number of carbonyl (C=O) groups excluding carboxylic acids is 1. The van der Waals surface area contributed by atoms with E-state index in [1.807, 2.05) is 37.3 Å². The van der Waals surface area contributed by atoms with E-state index in [2.05, 4.69) is 34.3 Å². The van der Waals surface area contributed by atoms with Crippen molar-refractivity contribution in [2.45, 2.75) is 34.2 Å². The predicted molar refractivity (Wildman–Crippen MR) is 113 cm³/mol. The second-order valence-corrected chi connectivity index (χ2v) is 6.98.